The van der Waals surface area contributed by atoms with E-state index in [1.165, 1.54) is 0 Å². The molecule has 0 spiro atoms. The van der Waals surface area contributed by atoms with E-state index >= 15 is 0 Å². The van der Waals surface area contributed by atoms with Gasteiger partial charge in [0.2, 0.25) is 0 Å². The molecule has 0 radical (unpaired) electrons. The van der Waals surface area contributed by atoms with Crippen LogP contribution in [0.5, 0.6) is 0 Å². The fourth-order valence-electron chi connectivity index (χ4n) is 3.63. The molecule has 0 amide bonds. The van der Waals surface area contributed by atoms with Gasteiger partial charge in [0, 0.05) is 34.5 Å². The Labute approximate surface area is 161 Å². The summed E-state index contributed by atoms with van der Waals surface area (Å²) in [6, 6.07) is 14.0. The zero-order valence-electron chi connectivity index (χ0n) is 13.7. The Bertz CT molecular complexity index is 855. The average Bonchev–Trinajstić information content (AvgIpc) is 3.26. The molecule has 0 aliphatic heterocycles. The van der Waals surface area contributed by atoms with Crippen molar-refractivity contribution < 1.29 is 13.2 Å². The van der Waals surface area contributed by atoms with Crippen LogP contribution in [0.25, 0.3) is 0 Å². The molecule has 1 fully saturated rings. The Morgan fingerprint density at radius 2 is 1.76 bits per heavy atom. The van der Waals surface area contributed by atoms with Crippen molar-refractivity contribution in [3.8, 4) is 0 Å². The van der Waals surface area contributed by atoms with Crippen molar-refractivity contribution in [1.29, 1.82) is 0 Å². The molecular weight excluding hydrogens is 426 g/mol. The maximum Gasteiger partial charge on any atom is 0.182 e. The number of halogens is 2. The average molecular weight is 445 g/mol. The molecule has 1 saturated carbocycles. The number of sulfone groups is 1. The predicted molar refractivity (Wildman–Crippen MR) is 103 cm³/mol. The SMILES string of the molecule is COC[C@]1(CN)[C@@H](c2ccc(Br)cc2)[C@@H]1S(=O)(=O)c1ccc(Cl)cc1. The summed E-state index contributed by atoms with van der Waals surface area (Å²) in [6.07, 6.45) is 0. The fourth-order valence-corrected chi connectivity index (χ4v) is 6.47. The Morgan fingerprint density at radius 3 is 2.28 bits per heavy atom. The summed E-state index contributed by atoms with van der Waals surface area (Å²) in [7, 11) is -1.99. The third-order valence-corrected chi connectivity index (χ3v) is 8.00. The van der Waals surface area contributed by atoms with Gasteiger partial charge in [0.1, 0.15) is 0 Å². The number of nitrogens with two attached hydrogens (primary N) is 1. The largest absolute Gasteiger partial charge is 0.384 e. The van der Waals surface area contributed by atoms with E-state index in [9.17, 15) is 8.42 Å². The topological polar surface area (TPSA) is 69.4 Å². The zero-order valence-corrected chi connectivity index (χ0v) is 16.8. The van der Waals surface area contributed by atoms with Gasteiger partial charge < -0.3 is 10.5 Å². The van der Waals surface area contributed by atoms with Crippen LogP contribution in [0.2, 0.25) is 5.02 Å². The lowest BCUT2D eigenvalue weighted by Gasteiger charge is -2.15. The molecule has 2 N–H and O–H groups in total. The molecule has 3 atom stereocenters. The highest BCUT2D eigenvalue weighted by atomic mass is 79.9. The summed E-state index contributed by atoms with van der Waals surface area (Å²) in [5.41, 5.74) is 6.36. The van der Waals surface area contributed by atoms with E-state index in [0.717, 1.165) is 10.0 Å². The minimum absolute atomic E-state index is 0.203. The van der Waals surface area contributed by atoms with Crippen LogP contribution in [0.15, 0.2) is 57.9 Å². The molecule has 1 aliphatic rings. The summed E-state index contributed by atoms with van der Waals surface area (Å²) >= 11 is 9.30. The summed E-state index contributed by atoms with van der Waals surface area (Å²) in [5, 5.41) is -0.117. The first-order valence-corrected chi connectivity index (χ1v) is 10.5. The van der Waals surface area contributed by atoms with Gasteiger partial charge in [-0.1, -0.05) is 39.7 Å². The van der Waals surface area contributed by atoms with Crippen molar-refractivity contribution in [2.75, 3.05) is 20.3 Å². The van der Waals surface area contributed by atoms with Gasteiger partial charge in [-0.15, -0.1) is 0 Å². The maximum atomic E-state index is 13.2. The van der Waals surface area contributed by atoms with Gasteiger partial charge in [0.05, 0.1) is 16.8 Å². The van der Waals surface area contributed by atoms with E-state index < -0.39 is 20.5 Å². The zero-order chi connectivity index (χ0) is 18.2. The summed E-state index contributed by atoms with van der Waals surface area (Å²) < 4.78 is 32.8. The Balaban J connectivity index is 2.05. The number of ether oxygens (including phenoxy) is 1. The molecule has 2 aromatic rings. The number of benzene rings is 2. The van der Waals surface area contributed by atoms with E-state index in [0.29, 0.717) is 11.6 Å². The molecule has 2 aromatic carbocycles. The molecule has 1 aliphatic carbocycles. The van der Waals surface area contributed by atoms with Crippen molar-refractivity contribution in [2.24, 2.45) is 11.1 Å². The first-order valence-electron chi connectivity index (χ1n) is 7.81. The van der Waals surface area contributed by atoms with Crippen LogP contribution in [0.4, 0.5) is 0 Å². The van der Waals surface area contributed by atoms with Crippen molar-refractivity contribution in [3.63, 3.8) is 0 Å². The highest BCUT2D eigenvalue weighted by Crippen LogP contribution is 2.63. The quantitative estimate of drug-likeness (QED) is 0.738. The third kappa shape index (κ3) is 3.26. The molecular formula is C18H19BrClNO3S. The highest BCUT2D eigenvalue weighted by Gasteiger charge is 2.70. The molecule has 134 valence electrons. The molecule has 0 aromatic heterocycles. The van der Waals surface area contributed by atoms with Crippen LogP contribution in [0, 0.1) is 5.41 Å². The van der Waals surface area contributed by atoms with E-state index in [2.05, 4.69) is 15.9 Å². The van der Waals surface area contributed by atoms with Crippen LogP contribution in [-0.2, 0) is 14.6 Å². The van der Waals surface area contributed by atoms with Gasteiger partial charge in [-0.2, -0.15) is 0 Å². The van der Waals surface area contributed by atoms with Gasteiger partial charge in [-0.05, 0) is 42.0 Å². The van der Waals surface area contributed by atoms with Crippen molar-refractivity contribution in [2.45, 2.75) is 16.1 Å². The third-order valence-electron chi connectivity index (χ3n) is 4.88. The smallest absolute Gasteiger partial charge is 0.182 e. The van der Waals surface area contributed by atoms with Gasteiger partial charge >= 0.3 is 0 Å². The minimum atomic E-state index is -3.56. The van der Waals surface area contributed by atoms with E-state index in [-0.39, 0.29) is 17.4 Å². The molecule has 0 unspecified atom stereocenters. The summed E-state index contributed by atoms with van der Waals surface area (Å²) in [4.78, 5) is 0.260. The van der Waals surface area contributed by atoms with Gasteiger partial charge in [-0.25, -0.2) is 8.42 Å². The standard InChI is InChI=1S/C18H19BrClNO3S/c1-24-11-18(10-21)16(12-2-4-13(19)5-3-12)17(18)25(22,23)15-8-6-14(20)7-9-15/h2-9,16-17H,10-11,21H2,1H3/t16-,17-,18+/m0/s1. The van der Waals surface area contributed by atoms with Crippen LogP contribution in [-0.4, -0.2) is 33.9 Å². The highest BCUT2D eigenvalue weighted by molar-refractivity contribution is 9.10. The van der Waals surface area contributed by atoms with E-state index in [4.69, 9.17) is 22.1 Å². The molecule has 0 saturated heterocycles. The minimum Gasteiger partial charge on any atom is -0.384 e. The van der Waals surface area contributed by atoms with Crippen LogP contribution in [0.1, 0.15) is 11.5 Å². The number of rotatable bonds is 6. The molecule has 7 heteroatoms. The van der Waals surface area contributed by atoms with Crippen molar-refractivity contribution in [1.82, 2.24) is 0 Å². The predicted octanol–water partition coefficient (Wildman–Crippen LogP) is 3.63. The van der Waals surface area contributed by atoms with Crippen LogP contribution >= 0.6 is 27.5 Å². The molecule has 0 bridgehead atoms. The fraction of sp³-hybridized carbons (Fsp3) is 0.333. The van der Waals surface area contributed by atoms with Crippen molar-refractivity contribution >= 4 is 37.4 Å². The van der Waals surface area contributed by atoms with Crippen molar-refractivity contribution in [3.05, 3.63) is 63.6 Å². The van der Waals surface area contributed by atoms with E-state index in [1.807, 2.05) is 24.3 Å². The lowest BCUT2D eigenvalue weighted by atomic mass is 10.0. The van der Waals surface area contributed by atoms with Gasteiger partial charge in [0.25, 0.3) is 0 Å². The first-order chi connectivity index (χ1) is 11.9. The Kier molecular flexibility index (Phi) is 5.28. The Hall–Kier alpha value is -0.920. The van der Waals surface area contributed by atoms with Gasteiger partial charge in [0.15, 0.2) is 9.84 Å². The second-order valence-corrected chi connectivity index (χ2v) is 9.74. The number of methoxy groups -OCH3 is 1. The number of hydrogen-bond donors (Lipinski definition) is 1. The first kappa shape index (κ1) is 18.9. The van der Waals surface area contributed by atoms with Gasteiger partial charge in [-0.3, -0.25) is 0 Å². The van der Waals surface area contributed by atoms with Crippen LogP contribution < -0.4 is 5.73 Å². The lowest BCUT2D eigenvalue weighted by Crippen LogP contribution is -2.28. The van der Waals surface area contributed by atoms with Crippen LogP contribution in [0.3, 0.4) is 0 Å². The second-order valence-electron chi connectivity index (χ2n) is 6.32. The molecule has 25 heavy (non-hydrogen) atoms. The molecule has 0 heterocycles. The molecule has 4 nitrogen and oxygen atoms in total. The monoisotopic (exact) mass is 443 g/mol. The summed E-state index contributed by atoms with van der Waals surface area (Å²) in [5.74, 6) is -0.203. The Morgan fingerprint density at radius 1 is 1.16 bits per heavy atom. The number of hydrogen-bond acceptors (Lipinski definition) is 4. The second kappa shape index (κ2) is 7.00. The lowest BCUT2D eigenvalue weighted by molar-refractivity contribution is 0.142. The normalized spacial score (nSPS) is 25.8. The maximum absolute atomic E-state index is 13.2. The van der Waals surface area contributed by atoms with E-state index in [1.54, 1.807) is 31.4 Å². The molecule has 3 rings (SSSR count). The summed E-state index contributed by atoms with van der Waals surface area (Å²) in [6.45, 7) is 0.529.